The molecule has 0 aliphatic carbocycles. The number of nitrogens with two attached hydrogens (primary N) is 1. The predicted octanol–water partition coefficient (Wildman–Crippen LogP) is 3.09. The van der Waals surface area contributed by atoms with Crippen molar-refractivity contribution in [2.75, 3.05) is 0 Å². The van der Waals surface area contributed by atoms with Crippen molar-refractivity contribution in [1.82, 2.24) is 9.59 Å². The summed E-state index contributed by atoms with van der Waals surface area (Å²) >= 11 is 13.2. The van der Waals surface area contributed by atoms with Crippen molar-refractivity contribution < 1.29 is 0 Å². The van der Waals surface area contributed by atoms with Crippen molar-refractivity contribution in [1.29, 1.82) is 0 Å². The van der Waals surface area contributed by atoms with Crippen LogP contribution in [0.15, 0.2) is 23.6 Å². The van der Waals surface area contributed by atoms with Crippen LogP contribution in [0.3, 0.4) is 0 Å². The van der Waals surface area contributed by atoms with Gasteiger partial charge >= 0.3 is 0 Å². The molecular weight excluding hydrogens is 265 g/mol. The summed E-state index contributed by atoms with van der Waals surface area (Å²) in [5.74, 6) is 0. The largest absolute Gasteiger partial charge is 0.322 e. The fraction of sp³-hybridized carbons (Fsp3) is 0.200. The molecular formula is C10H9Cl2N3S. The number of hydrogen-bond donors (Lipinski definition) is 1. The Balaban J connectivity index is 2.17. The van der Waals surface area contributed by atoms with E-state index in [1.807, 2.05) is 11.4 Å². The molecule has 1 aromatic carbocycles. The Morgan fingerprint density at radius 2 is 2.19 bits per heavy atom. The average molecular weight is 274 g/mol. The first-order valence-corrected chi connectivity index (χ1v) is 6.22. The van der Waals surface area contributed by atoms with E-state index in [2.05, 4.69) is 9.59 Å². The molecule has 0 aliphatic heterocycles. The average Bonchev–Trinajstić information content (AvgIpc) is 2.76. The number of rotatable bonds is 3. The maximum absolute atomic E-state index is 6.05. The Kier molecular flexibility index (Phi) is 3.76. The van der Waals surface area contributed by atoms with Gasteiger partial charge in [0.15, 0.2) is 0 Å². The summed E-state index contributed by atoms with van der Waals surface area (Å²) in [5.41, 5.74) is 7.70. The molecule has 1 heterocycles. The quantitative estimate of drug-likeness (QED) is 0.935. The molecule has 84 valence electrons. The van der Waals surface area contributed by atoms with Crippen LogP contribution >= 0.6 is 34.7 Å². The monoisotopic (exact) mass is 273 g/mol. The standard InChI is InChI=1S/C10H9Cl2N3S/c11-7-1-2-8(12)6(3-7)4-9(13)10-5-16-15-14-10/h1-3,5,9H,4,13H2. The van der Waals surface area contributed by atoms with Gasteiger partial charge in [-0.25, -0.2) is 0 Å². The Hall–Kier alpha value is -0.680. The fourth-order valence-corrected chi connectivity index (χ4v) is 2.28. The van der Waals surface area contributed by atoms with Gasteiger partial charge in [-0.1, -0.05) is 27.7 Å². The zero-order valence-corrected chi connectivity index (χ0v) is 10.6. The first kappa shape index (κ1) is 11.8. The lowest BCUT2D eigenvalue weighted by atomic mass is 10.0. The molecule has 0 aliphatic rings. The van der Waals surface area contributed by atoms with Crippen molar-refractivity contribution in [3.63, 3.8) is 0 Å². The van der Waals surface area contributed by atoms with E-state index in [4.69, 9.17) is 28.9 Å². The van der Waals surface area contributed by atoms with Gasteiger partial charge in [0.2, 0.25) is 0 Å². The molecule has 0 bridgehead atoms. The SMILES string of the molecule is NC(Cc1cc(Cl)ccc1Cl)c1csnn1. The van der Waals surface area contributed by atoms with E-state index in [1.165, 1.54) is 11.5 Å². The van der Waals surface area contributed by atoms with Crippen LogP contribution in [0.4, 0.5) is 0 Å². The minimum Gasteiger partial charge on any atom is -0.322 e. The van der Waals surface area contributed by atoms with E-state index in [-0.39, 0.29) is 6.04 Å². The number of halogens is 2. The van der Waals surface area contributed by atoms with Crippen LogP contribution in [-0.2, 0) is 6.42 Å². The van der Waals surface area contributed by atoms with Gasteiger partial charge in [-0.15, -0.1) is 5.10 Å². The molecule has 0 saturated heterocycles. The summed E-state index contributed by atoms with van der Waals surface area (Å²) in [6.07, 6.45) is 0.602. The second-order valence-corrected chi connectivity index (χ2v) is 4.83. The number of hydrogen-bond acceptors (Lipinski definition) is 4. The first-order chi connectivity index (χ1) is 7.66. The van der Waals surface area contributed by atoms with Crippen LogP contribution in [0.5, 0.6) is 0 Å². The van der Waals surface area contributed by atoms with E-state index < -0.39 is 0 Å². The second kappa shape index (κ2) is 5.10. The molecule has 16 heavy (non-hydrogen) atoms. The molecule has 3 nitrogen and oxygen atoms in total. The lowest BCUT2D eigenvalue weighted by molar-refractivity contribution is 0.692. The first-order valence-electron chi connectivity index (χ1n) is 4.63. The van der Waals surface area contributed by atoms with Crippen LogP contribution in [-0.4, -0.2) is 9.59 Å². The molecule has 2 N–H and O–H groups in total. The summed E-state index contributed by atoms with van der Waals surface area (Å²) in [7, 11) is 0. The lowest BCUT2D eigenvalue weighted by Gasteiger charge is -2.10. The van der Waals surface area contributed by atoms with E-state index in [1.54, 1.807) is 12.1 Å². The molecule has 0 radical (unpaired) electrons. The molecule has 1 aromatic heterocycles. The van der Waals surface area contributed by atoms with Gasteiger partial charge in [-0.2, -0.15) is 0 Å². The highest BCUT2D eigenvalue weighted by molar-refractivity contribution is 7.03. The second-order valence-electron chi connectivity index (χ2n) is 3.38. The topological polar surface area (TPSA) is 51.8 Å². The van der Waals surface area contributed by atoms with Gasteiger partial charge in [0.05, 0.1) is 11.7 Å². The molecule has 0 spiro atoms. The van der Waals surface area contributed by atoms with Crippen LogP contribution in [0.2, 0.25) is 10.0 Å². The molecule has 0 amide bonds. The molecule has 0 fully saturated rings. The zero-order valence-electron chi connectivity index (χ0n) is 8.23. The number of benzene rings is 1. The molecule has 0 saturated carbocycles. The van der Waals surface area contributed by atoms with Crippen molar-refractivity contribution >= 4 is 34.7 Å². The summed E-state index contributed by atoms with van der Waals surface area (Å²) < 4.78 is 3.78. The Morgan fingerprint density at radius 3 is 2.88 bits per heavy atom. The predicted molar refractivity (Wildman–Crippen MR) is 67.0 cm³/mol. The van der Waals surface area contributed by atoms with Gasteiger partial charge in [0.1, 0.15) is 0 Å². The minimum absolute atomic E-state index is 0.199. The van der Waals surface area contributed by atoms with E-state index in [0.717, 1.165) is 11.3 Å². The number of nitrogens with zero attached hydrogens (tertiary/aromatic N) is 2. The van der Waals surface area contributed by atoms with Gasteiger partial charge in [0, 0.05) is 15.4 Å². The van der Waals surface area contributed by atoms with Gasteiger partial charge in [0.25, 0.3) is 0 Å². The summed E-state index contributed by atoms with van der Waals surface area (Å²) in [6, 6.07) is 5.15. The fourth-order valence-electron chi connectivity index (χ4n) is 1.37. The van der Waals surface area contributed by atoms with Crippen LogP contribution in [0.1, 0.15) is 17.3 Å². The van der Waals surface area contributed by atoms with E-state index in [0.29, 0.717) is 16.5 Å². The summed E-state index contributed by atoms with van der Waals surface area (Å²) in [6.45, 7) is 0. The Labute approximate surface area is 107 Å². The van der Waals surface area contributed by atoms with Crippen molar-refractivity contribution in [3.8, 4) is 0 Å². The van der Waals surface area contributed by atoms with Crippen LogP contribution in [0.25, 0.3) is 0 Å². The van der Waals surface area contributed by atoms with E-state index in [9.17, 15) is 0 Å². The highest BCUT2D eigenvalue weighted by Gasteiger charge is 2.12. The summed E-state index contributed by atoms with van der Waals surface area (Å²) in [4.78, 5) is 0. The van der Waals surface area contributed by atoms with Crippen LogP contribution in [0, 0.1) is 0 Å². The normalized spacial score (nSPS) is 12.7. The Morgan fingerprint density at radius 1 is 1.38 bits per heavy atom. The maximum atomic E-state index is 6.05. The highest BCUT2D eigenvalue weighted by atomic mass is 35.5. The van der Waals surface area contributed by atoms with Crippen molar-refractivity contribution in [3.05, 3.63) is 44.9 Å². The Bertz CT molecular complexity index is 473. The van der Waals surface area contributed by atoms with Crippen molar-refractivity contribution in [2.45, 2.75) is 12.5 Å². The molecule has 2 rings (SSSR count). The molecule has 1 unspecified atom stereocenters. The van der Waals surface area contributed by atoms with Gasteiger partial charge < -0.3 is 5.73 Å². The summed E-state index contributed by atoms with van der Waals surface area (Å²) in [5, 5.41) is 7.09. The van der Waals surface area contributed by atoms with Gasteiger partial charge in [-0.3, -0.25) is 0 Å². The maximum Gasteiger partial charge on any atom is 0.0925 e. The molecule has 6 heteroatoms. The van der Waals surface area contributed by atoms with Gasteiger partial charge in [-0.05, 0) is 41.7 Å². The lowest BCUT2D eigenvalue weighted by Crippen LogP contribution is -2.14. The molecule has 2 aromatic rings. The highest BCUT2D eigenvalue weighted by Crippen LogP contribution is 2.24. The minimum atomic E-state index is -0.199. The third-order valence-electron chi connectivity index (χ3n) is 2.20. The van der Waals surface area contributed by atoms with Crippen molar-refractivity contribution in [2.24, 2.45) is 5.73 Å². The zero-order chi connectivity index (χ0) is 11.5. The third-order valence-corrected chi connectivity index (χ3v) is 3.33. The smallest absolute Gasteiger partial charge is 0.0925 e. The molecule has 1 atom stereocenters. The third kappa shape index (κ3) is 2.71. The van der Waals surface area contributed by atoms with Crippen LogP contribution < -0.4 is 5.73 Å². The number of aromatic nitrogens is 2. The van der Waals surface area contributed by atoms with E-state index >= 15 is 0 Å².